The molecular weight excluding hydrogens is 446 g/mol. The average molecular weight is 463 g/mol. The molecule has 0 aliphatic rings. The van der Waals surface area contributed by atoms with Gasteiger partial charge < -0.3 is 14.4 Å². The van der Waals surface area contributed by atoms with E-state index in [1.165, 1.54) is 6.07 Å². The predicted molar refractivity (Wildman–Crippen MR) is 107 cm³/mol. The molecule has 8 nitrogen and oxygen atoms in total. The third kappa shape index (κ3) is 5.17. The van der Waals surface area contributed by atoms with E-state index in [9.17, 15) is 17.6 Å². The molecule has 1 N–H and O–H groups in total. The Morgan fingerprint density at radius 3 is 2.48 bits per heavy atom. The fourth-order valence-corrected chi connectivity index (χ4v) is 3.05. The maximum Gasteiger partial charge on any atom is 0.419 e. The lowest BCUT2D eigenvalue weighted by Gasteiger charge is -2.13. The van der Waals surface area contributed by atoms with Crippen LogP contribution in [-0.2, 0) is 19.3 Å². The number of nitrogens with zero attached hydrogens (tertiary/aromatic N) is 5. The van der Waals surface area contributed by atoms with Crippen LogP contribution < -0.4 is 4.74 Å². The van der Waals surface area contributed by atoms with E-state index in [1.54, 1.807) is 23.0 Å². The van der Waals surface area contributed by atoms with E-state index < -0.39 is 30.8 Å². The third-order valence-electron chi connectivity index (χ3n) is 4.60. The second kappa shape index (κ2) is 9.36. The van der Waals surface area contributed by atoms with Crippen LogP contribution in [0.5, 0.6) is 5.75 Å². The summed E-state index contributed by atoms with van der Waals surface area (Å²) >= 11 is 0. The Labute approximate surface area is 184 Å². The lowest BCUT2D eigenvalue weighted by Crippen LogP contribution is -2.10. The van der Waals surface area contributed by atoms with Crippen molar-refractivity contribution in [1.29, 1.82) is 0 Å². The van der Waals surface area contributed by atoms with Crippen molar-refractivity contribution in [3.8, 4) is 28.6 Å². The van der Waals surface area contributed by atoms with Gasteiger partial charge in [0.1, 0.15) is 24.7 Å². The molecule has 0 saturated carbocycles. The van der Waals surface area contributed by atoms with Crippen LogP contribution in [0.4, 0.5) is 17.6 Å². The number of alkyl halides is 4. The molecule has 0 saturated heterocycles. The standard InChI is InChI=1S/C21H17F4N5O3/c22-7-8-32-18-6-5-15(9-17(18)21(23,24)25)20-26-19(28-33-20)14-3-1-13(2-4-14)10-30-11-16(12-31)27-29-30/h1-6,9,11,31H,7-8,10,12H2. The van der Waals surface area contributed by atoms with E-state index in [4.69, 9.17) is 14.4 Å². The minimum atomic E-state index is -4.71. The zero-order chi connectivity index (χ0) is 23.4. The first-order valence-electron chi connectivity index (χ1n) is 9.70. The SMILES string of the molecule is OCc1cn(Cc2ccc(-c3noc(-c4ccc(OCCF)c(C(F)(F)F)c4)n3)cc2)nn1. The molecule has 4 aromatic rings. The molecule has 0 fully saturated rings. The van der Waals surface area contributed by atoms with Gasteiger partial charge in [0.2, 0.25) is 5.82 Å². The van der Waals surface area contributed by atoms with E-state index in [-0.39, 0.29) is 23.9 Å². The Morgan fingerprint density at radius 1 is 1.06 bits per heavy atom. The largest absolute Gasteiger partial charge is 0.490 e. The van der Waals surface area contributed by atoms with Crippen LogP contribution in [0.25, 0.3) is 22.8 Å². The Bertz CT molecular complexity index is 1220. The molecule has 33 heavy (non-hydrogen) atoms. The highest BCUT2D eigenvalue weighted by atomic mass is 19.4. The molecule has 0 amide bonds. The van der Waals surface area contributed by atoms with E-state index in [2.05, 4.69) is 20.5 Å². The highest BCUT2D eigenvalue weighted by Crippen LogP contribution is 2.38. The normalized spacial score (nSPS) is 11.7. The summed E-state index contributed by atoms with van der Waals surface area (Å²) in [5.41, 5.74) is 0.950. The number of hydrogen-bond acceptors (Lipinski definition) is 7. The van der Waals surface area contributed by atoms with Gasteiger partial charge in [-0.05, 0) is 23.8 Å². The zero-order valence-electron chi connectivity index (χ0n) is 17.0. The van der Waals surface area contributed by atoms with Crippen LogP contribution in [0.2, 0.25) is 0 Å². The fourth-order valence-electron chi connectivity index (χ4n) is 3.05. The average Bonchev–Trinajstić information content (AvgIpc) is 3.47. The van der Waals surface area contributed by atoms with Crippen molar-refractivity contribution in [2.45, 2.75) is 19.3 Å². The molecular formula is C21H17F4N5O3. The van der Waals surface area contributed by atoms with Gasteiger partial charge >= 0.3 is 6.18 Å². The van der Waals surface area contributed by atoms with Gasteiger partial charge in [-0.25, -0.2) is 9.07 Å². The highest BCUT2D eigenvalue weighted by Gasteiger charge is 2.35. The second-order valence-corrected chi connectivity index (χ2v) is 6.93. The van der Waals surface area contributed by atoms with E-state index in [0.29, 0.717) is 17.8 Å². The van der Waals surface area contributed by atoms with Gasteiger partial charge in [-0.15, -0.1) is 5.10 Å². The predicted octanol–water partition coefficient (Wildman–Crippen LogP) is 3.90. The van der Waals surface area contributed by atoms with Crippen molar-refractivity contribution < 1.29 is 31.9 Å². The molecule has 0 bridgehead atoms. The van der Waals surface area contributed by atoms with Crippen LogP contribution >= 0.6 is 0 Å². The summed E-state index contributed by atoms with van der Waals surface area (Å²) in [4.78, 5) is 4.19. The summed E-state index contributed by atoms with van der Waals surface area (Å²) < 4.78 is 64.1. The van der Waals surface area contributed by atoms with Gasteiger partial charge in [0, 0.05) is 11.1 Å². The minimum Gasteiger partial charge on any atom is -0.490 e. The third-order valence-corrected chi connectivity index (χ3v) is 4.60. The molecule has 0 radical (unpaired) electrons. The smallest absolute Gasteiger partial charge is 0.419 e. The molecule has 0 aliphatic carbocycles. The van der Waals surface area contributed by atoms with Crippen LogP contribution in [0.3, 0.4) is 0 Å². The lowest BCUT2D eigenvalue weighted by molar-refractivity contribution is -0.138. The van der Waals surface area contributed by atoms with Crippen molar-refractivity contribution in [2.24, 2.45) is 0 Å². The van der Waals surface area contributed by atoms with Crippen LogP contribution in [0, 0.1) is 0 Å². The van der Waals surface area contributed by atoms with Gasteiger partial charge in [0.05, 0.1) is 24.9 Å². The molecule has 0 unspecified atom stereocenters. The second-order valence-electron chi connectivity index (χ2n) is 6.93. The zero-order valence-corrected chi connectivity index (χ0v) is 17.0. The Balaban J connectivity index is 1.54. The van der Waals surface area contributed by atoms with Gasteiger partial charge in [-0.1, -0.05) is 34.6 Å². The summed E-state index contributed by atoms with van der Waals surface area (Å²) in [5.74, 6) is -0.375. The first-order chi connectivity index (χ1) is 15.9. The highest BCUT2D eigenvalue weighted by molar-refractivity contribution is 5.62. The van der Waals surface area contributed by atoms with Crippen molar-refractivity contribution >= 4 is 0 Å². The number of halogens is 4. The maximum atomic E-state index is 13.4. The van der Waals surface area contributed by atoms with Crippen LogP contribution in [-0.4, -0.2) is 43.5 Å². The summed E-state index contributed by atoms with van der Waals surface area (Å²) in [6.45, 7) is -1.16. The summed E-state index contributed by atoms with van der Waals surface area (Å²) in [5, 5.41) is 20.6. The van der Waals surface area contributed by atoms with Gasteiger partial charge in [0.25, 0.3) is 5.89 Å². The Morgan fingerprint density at radius 2 is 1.82 bits per heavy atom. The molecule has 2 heterocycles. The number of aromatic nitrogens is 5. The number of hydrogen-bond donors (Lipinski definition) is 1. The maximum absolute atomic E-state index is 13.4. The Kier molecular flexibility index (Phi) is 6.36. The summed E-state index contributed by atoms with van der Waals surface area (Å²) in [6.07, 6.45) is -3.08. The molecule has 172 valence electrons. The quantitative estimate of drug-likeness (QED) is 0.396. The molecule has 2 aromatic heterocycles. The molecule has 0 atom stereocenters. The van der Waals surface area contributed by atoms with E-state index >= 15 is 0 Å². The first kappa shape index (κ1) is 22.4. The van der Waals surface area contributed by atoms with Crippen LogP contribution in [0.1, 0.15) is 16.8 Å². The van der Waals surface area contributed by atoms with Gasteiger partial charge in [-0.3, -0.25) is 0 Å². The lowest BCUT2D eigenvalue weighted by atomic mass is 10.1. The van der Waals surface area contributed by atoms with Gasteiger partial charge in [-0.2, -0.15) is 18.2 Å². The molecule has 2 aromatic carbocycles. The topological polar surface area (TPSA) is 99.1 Å². The van der Waals surface area contributed by atoms with Crippen LogP contribution in [0.15, 0.2) is 53.2 Å². The molecule has 0 spiro atoms. The number of rotatable bonds is 8. The number of ether oxygens (including phenoxy) is 1. The van der Waals surface area contributed by atoms with Crippen molar-refractivity contribution in [2.75, 3.05) is 13.3 Å². The molecule has 4 rings (SSSR count). The number of aliphatic hydroxyl groups excluding tert-OH is 1. The first-order valence-corrected chi connectivity index (χ1v) is 9.70. The monoisotopic (exact) mass is 463 g/mol. The minimum absolute atomic E-state index is 0.0520. The van der Waals surface area contributed by atoms with E-state index in [0.717, 1.165) is 17.7 Å². The Hall–Kier alpha value is -3.80. The van der Waals surface area contributed by atoms with E-state index in [1.807, 2.05) is 12.1 Å². The number of benzene rings is 2. The molecule has 12 heteroatoms. The number of aliphatic hydroxyl groups is 1. The summed E-state index contributed by atoms with van der Waals surface area (Å²) in [6, 6.07) is 10.4. The summed E-state index contributed by atoms with van der Waals surface area (Å²) in [7, 11) is 0. The van der Waals surface area contributed by atoms with Crippen molar-refractivity contribution in [3.63, 3.8) is 0 Å². The molecule has 0 aliphatic heterocycles. The van der Waals surface area contributed by atoms with Crippen molar-refractivity contribution in [1.82, 2.24) is 25.1 Å². The van der Waals surface area contributed by atoms with Gasteiger partial charge in [0.15, 0.2) is 0 Å². The fraction of sp³-hybridized carbons (Fsp3) is 0.238. The van der Waals surface area contributed by atoms with Crippen molar-refractivity contribution in [3.05, 3.63) is 65.5 Å².